The molecule has 0 unspecified atom stereocenters. The SMILES string of the molecule is N#Cc1cc(-c2ccnc(NC(=O)C3CC3)c2)ccc1N1CC[C@H](F)C1. The lowest BCUT2D eigenvalue weighted by atomic mass is 10.0. The number of halogens is 1. The van der Waals surface area contributed by atoms with Crippen LogP contribution in [0.2, 0.25) is 0 Å². The van der Waals surface area contributed by atoms with Gasteiger partial charge in [-0.15, -0.1) is 0 Å². The summed E-state index contributed by atoms with van der Waals surface area (Å²) in [6.45, 7) is 0.961. The van der Waals surface area contributed by atoms with E-state index in [1.54, 1.807) is 6.20 Å². The van der Waals surface area contributed by atoms with Crippen molar-refractivity contribution >= 4 is 17.4 Å². The summed E-state index contributed by atoms with van der Waals surface area (Å²) in [6.07, 6.45) is 3.19. The molecule has 1 amide bonds. The molecule has 1 saturated carbocycles. The first-order chi connectivity index (χ1) is 12.6. The molecule has 132 valence electrons. The van der Waals surface area contributed by atoms with Crippen LogP contribution >= 0.6 is 0 Å². The maximum Gasteiger partial charge on any atom is 0.228 e. The zero-order valence-corrected chi connectivity index (χ0v) is 14.3. The van der Waals surface area contributed by atoms with Crippen molar-refractivity contribution in [2.75, 3.05) is 23.3 Å². The highest BCUT2D eigenvalue weighted by Gasteiger charge is 2.29. The molecule has 1 atom stereocenters. The lowest BCUT2D eigenvalue weighted by Gasteiger charge is -2.19. The lowest BCUT2D eigenvalue weighted by Crippen LogP contribution is -2.20. The fourth-order valence-electron chi connectivity index (χ4n) is 3.27. The molecule has 1 N–H and O–H groups in total. The second-order valence-electron chi connectivity index (χ2n) is 6.87. The van der Waals surface area contributed by atoms with Gasteiger partial charge in [0.1, 0.15) is 18.1 Å². The third-order valence-corrected chi connectivity index (χ3v) is 4.88. The average molecular weight is 350 g/mol. The van der Waals surface area contributed by atoms with Crippen LogP contribution in [0.15, 0.2) is 36.5 Å². The minimum atomic E-state index is -0.834. The Morgan fingerprint density at radius 2 is 2.04 bits per heavy atom. The monoisotopic (exact) mass is 350 g/mol. The van der Waals surface area contributed by atoms with Crippen molar-refractivity contribution in [1.82, 2.24) is 4.98 Å². The Morgan fingerprint density at radius 1 is 1.23 bits per heavy atom. The predicted octanol–water partition coefficient (Wildman–Crippen LogP) is 3.52. The highest BCUT2D eigenvalue weighted by molar-refractivity contribution is 5.93. The number of amides is 1. The summed E-state index contributed by atoms with van der Waals surface area (Å²) in [5, 5.41) is 12.4. The van der Waals surface area contributed by atoms with E-state index in [1.165, 1.54) is 0 Å². The molecule has 2 heterocycles. The highest BCUT2D eigenvalue weighted by atomic mass is 19.1. The summed E-state index contributed by atoms with van der Waals surface area (Å²) in [5.74, 6) is 0.643. The van der Waals surface area contributed by atoms with Gasteiger partial charge >= 0.3 is 0 Å². The number of carbonyl (C=O) groups is 1. The number of pyridine rings is 1. The van der Waals surface area contributed by atoms with E-state index in [0.717, 1.165) is 29.7 Å². The van der Waals surface area contributed by atoms with Gasteiger partial charge in [-0.25, -0.2) is 9.37 Å². The Morgan fingerprint density at radius 3 is 2.73 bits per heavy atom. The third kappa shape index (κ3) is 3.38. The Labute approximate surface area is 151 Å². The fraction of sp³-hybridized carbons (Fsp3) is 0.350. The smallest absolute Gasteiger partial charge is 0.228 e. The van der Waals surface area contributed by atoms with Crippen molar-refractivity contribution in [3.63, 3.8) is 0 Å². The molecule has 6 heteroatoms. The third-order valence-electron chi connectivity index (χ3n) is 4.88. The van der Waals surface area contributed by atoms with Crippen LogP contribution in [-0.4, -0.2) is 30.2 Å². The van der Waals surface area contributed by atoms with Gasteiger partial charge < -0.3 is 10.2 Å². The Bertz CT molecular complexity index is 888. The fourth-order valence-corrected chi connectivity index (χ4v) is 3.27. The van der Waals surface area contributed by atoms with Gasteiger partial charge in [0.2, 0.25) is 5.91 Å². The molecule has 1 saturated heterocycles. The van der Waals surface area contributed by atoms with Crippen molar-refractivity contribution in [3.05, 3.63) is 42.1 Å². The van der Waals surface area contributed by atoms with E-state index in [4.69, 9.17) is 0 Å². The van der Waals surface area contributed by atoms with Gasteiger partial charge in [-0.2, -0.15) is 5.26 Å². The molecule has 1 aromatic heterocycles. The molecule has 1 aromatic carbocycles. The number of benzene rings is 1. The summed E-state index contributed by atoms with van der Waals surface area (Å²) in [7, 11) is 0. The number of rotatable bonds is 4. The number of alkyl halides is 1. The first-order valence-corrected chi connectivity index (χ1v) is 8.84. The lowest BCUT2D eigenvalue weighted by molar-refractivity contribution is -0.117. The van der Waals surface area contributed by atoms with E-state index in [0.29, 0.717) is 30.9 Å². The van der Waals surface area contributed by atoms with E-state index in [9.17, 15) is 14.4 Å². The molecule has 0 bridgehead atoms. The molecule has 0 spiro atoms. The number of hydrogen-bond acceptors (Lipinski definition) is 4. The number of aromatic nitrogens is 1. The van der Waals surface area contributed by atoms with Crippen LogP contribution in [-0.2, 0) is 4.79 Å². The van der Waals surface area contributed by atoms with E-state index >= 15 is 0 Å². The summed E-state index contributed by atoms with van der Waals surface area (Å²) in [6, 6.07) is 11.5. The van der Waals surface area contributed by atoms with E-state index in [1.807, 2.05) is 35.2 Å². The maximum absolute atomic E-state index is 13.5. The Hall–Kier alpha value is -2.94. The second kappa shape index (κ2) is 6.75. The number of nitriles is 1. The zero-order chi connectivity index (χ0) is 18.1. The molecular weight excluding hydrogens is 331 g/mol. The number of hydrogen-bond donors (Lipinski definition) is 1. The molecule has 2 aromatic rings. The molecule has 4 rings (SSSR count). The quantitative estimate of drug-likeness (QED) is 0.916. The van der Waals surface area contributed by atoms with Gasteiger partial charge in [-0.3, -0.25) is 4.79 Å². The Balaban J connectivity index is 1.59. The van der Waals surface area contributed by atoms with Crippen molar-refractivity contribution < 1.29 is 9.18 Å². The van der Waals surface area contributed by atoms with Crippen LogP contribution in [0.5, 0.6) is 0 Å². The normalized spacial score (nSPS) is 19.2. The highest BCUT2D eigenvalue weighted by Crippen LogP contribution is 2.32. The van der Waals surface area contributed by atoms with Crippen molar-refractivity contribution in [2.45, 2.75) is 25.4 Å². The summed E-state index contributed by atoms with van der Waals surface area (Å²) >= 11 is 0. The molecule has 5 nitrogen and oxygen atoms in total. The number of carbonyl (C=O) groups excluding carboxylic acids is 1. The van der Waals surface area contributed by atoms with E-state index in [2.05, 4.69) is 16.4 Å². The van der Waals surface area contributed by atoms with Gasteiger partial charge in [0, 0.05) is 25.2 Å². The predicted molar refractivity (Wildman–Crippen MR) is 97.5 cm³/mol. The average Bonchev–Trinajstić information content (AvgIpc) is 3.43. The molecular formula is C20H19FN4O. The topological polar surface area (TPSA) is 69.0 Å². The number of anilines is 2. The standard InChI is InChI=1S/C20H19FN4O/c21-17-6-8-25(12-17)18-4-3-14(9-16(18)11-22)15-5-7-23-19(10-15)24-20(26)13-1-2-13/h3-5,7,9-10,13,17H,1-2,6,8,12H2,(H,23,24,26)/t17-/m0/s1. The minimum absolute atomic E-state index is 0.0116. The first kappa shape index (κ1) is 16.5. The number of nitrogens with zero attached hydrogens (tertiary/aromatic N) is 3. The summed E-state index contributed by atoms with van der Waals surface area (Å²) in [5.41, 5.74) is 3.04. The van der Waals surface area contributed by atoms with E-state index < -0.39 is 6.17 Å². The van der Waals surface area contributed by atoms with Crippen LogP contribution < -0.4 is 10.2 Å². The molecule has 0 radical (unpaired) electrons. The maximum atomic E-state index is 13.5. The Kier molecular flexibility index (Phi) is 4.29. The van der Waals surface area contributed by atoms with Crippen molar-refractivity contribution in [2.24, 2.45) is 5.92 Å². The van der Waals surface area contributed by atoms with Gasteiger partial charge in [0.05, 0.1) is 11.3 Å². The first-order valence-electron chi connectivity index (χ1n) is 8.84. The van der Waals surface area contributed by atoms with Crippen molar-refractivity contribution in [1.29, 1.82) is 5.26 Å². The summed E-state index contributed by atoms with van der Waals surface area (Å²) < 4.78 is 13.5. The van der Waals surface area contributed by atoms with Crippen molar-refractivity contribution in [3.8, 4) is 17.2 Å². The molecule has 26 heavy (non-hydrogen) atoms. The van der Waals surface area contributed by atoms with Gasteiger partial charge in [-0.1, -0.05) is 6.07 Å². The molecule has 1 aliphatic carbocycles. The molecule has 2 fully saturated rings. The van der Waals surface area contributed by atoms with Crippen LogP contribution in [0.4, 0.5) is 15.9 Å². The van der Waals surface area contributed by atoms with Crippen LogP contribution in [0.25, 0.3) is 11.1 Å². The second-order valence-corrected chi connectivity index (χ2v) is 6.87. The zero-order valence-electron chi connectivity index (χ0n) is 14.3. The summed E-state index contributed by atoms with van der Waals surface area (Å²) in [4.78, 5) is 18.0. The largest absolute Gasteiger partial charge is 0.367 e. The molecule has 1 aliphatic heterocycles. The van der Waals surface area contributed by atoms with Gasteiger partial charge in [0.15, 0.2) is 0 Å². The van der Waals surface area contributed by atoms with Gasteiger partial charge in [0.25, 0.3) is 0 Å². The minimum Gasteiger partial charge on any atom is -0.367 e. The van der Waals surface area contributed by atoms with E-state index in [-0.39, 0.29) is 11.8 Å². The van der Waals surface area contributed by atoms with Crippen LogP contribution in [0.3, 0.4) is 0 Å². The number of nitrogens with one attached hydrogen (secondary N) is 1. The van der Waals surface area contributed by atoms with Crippen LogP contribution in [0, 0.1) is 17.2 Å². The molecule has 2 aliphatic rings. The van der Waals surface area contributed by atoms with Gasteiger partial charge in [-0.05, 0) is 54.7 Å². The van der Waals surface area contributed by atoms with Crippen LogP contribution in [0.1, 0.15) is 24.8 Å².